The molecule has 0 unspecified atom stereocenters. The molecule has 0 aliphatic carbocycles. The van der Waals surface area contributed by atoms with Crippen LogP contribution in [0.15, 0.2) is 43.6 Å². The molecule has 1 aromatic rings. The van der Waals surface area contributed by atoms with Crippen LogP contribution in [0.25, 0.3) is 0 Å². The van der Waals surface area contributed by atoms with Crippen molar-refractivity contribution < 1.29 is 9.90 Å². The first-order chi connectivity index (χ1) is 8.19. The Bertz CT molecular complexity index is 406. The summed E-state index contributed by atoms with van der Waals surface area (Å²) >= 11 is 0. The average molecular weight is 232 g/mol. The Morgan fingerprint density at radius 2 is 2.06 bits per heavy atom. The van der Waals surface area contributed by atoms with E-state index in [0.29, 0.717) is 25.3 Å². The second-order valence-electron chi connectivity index (χ2n) is 3.57. The van der Waals surface area contributed by atoms with Gasteiger partial charge in [-0.1, -0.05) is 12.2 Å². The van der Waals surface area contributed by atoms with Crippen molar-refractivity contribution in [2.75, 3.05) is 13.1 Å². The topological polar surface area (TPSA) is 53.4 Å². The smallest absolute Gasteiger partial charge is 0.337 e. The van der Waals surface area contributed by atoms with Gasteiger partial charge in [0.2, 0.25) is 0 Å². The molecule has 0 atom stereocenters. The Balaban J connectivity index is 2.87. The lowest BCUT2D eigenvalue weighted by molar-refractivity contribution is 0.0694. The van der Waals surface area contributed by atoms with E-state index in [1.54, 1.807) is 30.5 Å². The van der Waals surface area contributed by atoms with Gasteiger partial charge in [-0.15, -0.1) is 13.2 Å². The van der Waals surface area contributed by atoms with Crippen molar-refractivity contribution in [1.29, 1.82) is 0 Å². The van der Waals surface area contributed by atoms with E-state index in [1.807, 2.05) is 4.90 Å². The number of carboxylic acid groups (broad SMARTS) is 1. The zero-order valence-corrected chi connectivity index (χ0v) is 9.67. The number of carboxylic acids is 1. The van der Waals surface area contributed by atoms with Crippen LogP contribution in [0, 0.1) is 0 Å². The van der Waals surface area contributed by atoms with E-state index in [1.165, 1.54) is 0 Å². The number of aromatic nitrogens is 1. The Hall–Kier alpha value is -1.94. The molecule has 0 radical (unpaired) electrons. The van der Waals surface area contributed by atoms with Crippen molar-refractivity contribution in [2.24, 2.45) is 0 Å². The summed E-state index contributed by atoms with van der Waals surface area (Å²) in [7, 11) is 0. The van der Waals surface area contributed by atoms with Crippen LogP contribution in [0.3, 0.4) is 0 Å². The molecule has 1 rings (SSSR count). The zero-order valence-electron chi connectivity index (χ0n) is 9.67. The summed E-state index contributed by atoms with van der Waals surface area (Å²) in [5.74, 6) is -0.953. The summed E-state index contributed by atoms with van der Waals surface area (Å²) in [4.78, 5) is 17.1. The van der Waals surface area contributed by atoms with Crippen molar-refractivity contribution in [3.05, 3.63) is 54.9 Å². The number of hydrogen-bond donors (Lipinski definition) is 1. The normalized spacial score (nSPS) is 10.2. The molecule has 0 aliphatic rings. The minimum atomic E-state index is -0.953. The standard InChI is InChI=1S/C13H16N2O2/c1-3-8-15(9-4-2)10-12-11(13(16)17)6-5-7-14-12/h3-7H,1-2,8-10H2,(H,16,17). The minimum Gasteiger partial charge on any atom is -0.478 e. The van der Waals surface area contributed by atoms with Crippen LogP contribution in [-0.2, 0) is 6.54 Å². The monoisotopic (exact) mass is 232 g/mol. The van der Waals surface area contributed by atoms with Gasteiger partial charge < -0.3 is 5.11 Å². The lowest BCUT2D eigenvalue weighted by Gasteiger charge is -2.18. The van der Waals surface area contributed by atoms with Gasteiger partial charge in [0.05, 0.1) is 11.3 Å². The van der Waals surface area contributed by atoms with Crippen molar-refractivity contribution in [3.8, 4) is 0 Å². The van der Waals surface area contributed by atoms with E-state index in [2.05, 4.69) is 18.1 Å². The Labute approximate surface area is 101 Å². The van der Waals surface area contributed by atoms with Crippen LogP contribution >= 0.6 is 0 Å². The molecule has 90 valence electrons. The van der Waals surface area contributed by atoms with Gasteiger partial charge in [0, 0.05) is 25.8 Å². The predicted molar refractivity (Wildman–Crippen MR) is 66.9 cm³/mol. The summed E-state index contributed by atoms with van der Waals surface area (Å²) in [6.45, 7) is 9.15. The van der Waals surface area contributed by atoms with E-state index < -0.39 is 5.97 Å². The molecule has 1 N–H and O–H groups in total. The third-order valence-electron chi connectivity index (χ3n) is 2.27. The number of rotatable bonds is 7. The highest BCUT2D eigenvalue weighted by Gasteiger charge is 2.12. The fraction of sp³-hybridized carbons (Fsp3) is 0.231. The number of aromatic carboxylic acids is 1. The Morgan fingerprint density at radius 3 is 2.59 bits per heavy atom. The lowest BCUT2D eigenvalue weighted by atomic mass is 10.2. The van der Waals surface area contributed by atoms with E-state index in [4.69, 9.17) is 5.11 Å². The van der Waals surface area contributed by atoms with Crippen molar-refractivity contribution >= 4 is 5.97 Å². The fourth-order valence-corrected chi connectivity index (χ4v) is 1.54. The molecule has 0 saturated heterocycles. The lowest BCUT2D eigenvalue weighted by Crippen LogP contribution is -2.25. The number of pyridine rings is 1. The molecule has 1 heterocycles. The maximum Gasteiger partial charge on any atom is 0.337 e. The summed E-state index contributed by atoms with van der Waals surface area (Å²) in [5.41, 5.74) is 0.800. The van der Waals surface area contributed by atoms with Crippen LogP contribution in [0.4, 0.5) is 0 Å². The van der Waals surface area contributed by atoms with Gasteiger partial charge in [0.15, 0.2) is 0 Å². The first-order valence-corrected chi connectivity index (χ1v) is 5.30. The van der Waals surface area contributed by atoms with Gasteiger partial charge in [-0.3, -0.25) is 9.88 Å². The third kappa shape index (κ3) is 3.85. The second-order valence-corrected chi connectivity index (χ2v) is 3.57. The van der Waals surface area contributed by atoms with Gasteiger partial charge in [-0.2, -0.15) is 0 Å². The maximum atomic E-state index is 11.0. The molecule has 17 heavy (non-hydrogen) atoms. The summed E-state index contributed by atoms with van der Waals surface area (Å²) in [6.07, 6.45) is 5.14. The highest BCUT2D eigenvalue weighted by Crippen LogP contribution is 2.08. The largest absolute Gasteiger partial charge is 0.478 e. The maximum absolute atomic E-state index is 11.0. The number of nitrogens with zero attached hydrogens (tertiary/aromatic N) is 2. The van der Waals surface area contributed by atoms with Gasteiger partial charge in [0.25, 0.3) is 0 Å². The van der Waals surface area contributed by atoms with E-state index >= 15 is 0 Å². The molecule has 0 fully saturated rings. The quantitative estimate of drug-likeness (QED) is 0.730. The van der Waals surface area contributed by atoms with E-state index in [-0.39, 0.29) is 5.56 Å². The molecule has 0 bridgehead atoms. The zero-order chi connectivity index (χ0) is 12.7. The predicted octanol–water partition coefficient (Wildman–Crippen LogP) is 1.95. The molecule has 0 amide bonds. The average Bonchev–Trinajstić information content (AvgIpc) is 2.30. The van der Waals surface area contributed by atoms with Gasteiger partial charge in [-0.05, 0) is 12.1 Å². The van der Waals surface area contributed by atoms with Crippen LogP contribution < -0.4 is 0 Å². The summed E-state index contributed by atoms with van der Waals surface area (Å²) < 4.78 is 0. The molecule has 0 saturated carbocycles. The van der Waals surface area contributed by atoms with E-state index in [9.17, 15) is 4.79 Å². The van der Waals surface area contributed by atoms with Gasteiger partial charge in [0.1, 0.15) is 0 Å². The molecule has 1 aromatic heterocycles. The minimum absolute atomic E-state index is 0.241. The highest BCUT2D eigenvalue weighted by molar-refractivity contribution is 5.88. The SMILES string of the molecule is C=CCN(CC=C)Cc1ncccc1C(=O)O. The Morgan fingerprint density at radius 1 is 1.41 bits per heavy atom. The van der Waals surface area contributed by atoms with Crippen LogP contribution in [0.5, 0.6) is 0 Å². The molecular weight excluding hydrogens is 216 g/mol. The number of carbonyl (C=O) groups is 1. The molecule has 4 nitrogen and oxygen atoms in total. The summed E-state index contributed by atoms with van der Waals surface area (Å²) in [5, 5.41) is 9.04. The molecular formula is C13H16N2O2. The van der Waals surface area contributed by atoms with E-state index in [0.717, 1.165) is 0 Å². The number of hydrogen-bond acceptors (Lipinski definition) is 3. The van der Waals surface area contributed by atoms with Crippen molar-refractivity contribution in [3.63, 3.8) is 0 Å². The fourth-order valence-electron chi connectivity index (χ4n) is 1.54. The van der Waals surface area contributed by atoms with Crippen molar-refractivity contribution in [1.82, 2.24) is 9.88 Å². The molecule has 0 aromatic carbocycles. The first kappa shape index (κ1) is 13.1. The van der Waals surface area contributed by atoms with Gasteiger partial charge >= 0.3 is 5.97 Å². The molecule has 0 aliphatic heterocycles. The second kappa shape index (κ2) is 6.60. The first-order valence-electron chi connectivity index (χ1n) is 5.30. The third-order valence-corrected chi connectivity index (χ3v) is 2.27. The van der Waals surface area contributed by atoms with Crippen LogP contribution in [0.1, 0.15) is 16.1 Å². The highest BCUT2D eigenvalue weighted by atomic mass is 16.4. The Kier molecular flexibility index (Phi) is 5.10. The van der Waals surface area contributed by atoms with Crippen LogP contribution in [-0.4, -0.2) is 34.0 Å². The van der Waals surface area contributed by atoms with Gasteiger partial charge in [-0.25, -0.2) is 4.79 Å². The summed E-state index contributed by atoms with van der Waals surface area (Å²) in [6, 6.07) is 3.18. The molecule has 0 spiro atoms. The molecule has 4 heteroatoms. The van der Waals surface area contributed by atoms with Crippen LogP contribution in [0.2, 0.25) is 0 Å². The van der Waals surface area contributed by atoms with Crippen molar-refractivity contribution in [2.45, 2.75) is 6.54 Å².